The Morgan fingerprint density at radius 3 is 2.65 bits per heavy atom. The molecule has 0 radical (unpaired) electrons. The van der Waals surface area contributed by atoms with E-state index >= 15 is 0 Å². The molecule has 142 valence electrons. The number of furan rings is 1. The van der Waals surface area contributed by atoms with Gasteiger partial charge in [-0.15, -0.1) is 0 Å². The Balaban J connectivity index is 1.86. The lowest BCUT2D eigenvalue weighted by molar-refractivity contribution is -0.142. The van der Waals surface area contributed by atoms with E-state index in [-0.39, 0.29) is 35.7 Å². The highest BCUT2D eigenvalue weighted by Crippen LogP contribution is 2.30. The largest absolute Gasteiger partial charge is 0.469 e. The normalized spacial score (nSPS) is 25.6. The number of carbonyl (C=O) groups excluding carboxylic acids is 3. The van der Waals surface area contributed by atoms with Gasteiger partial charge in [-0.1, -0.05) is 13.8 Å². The van der Waals surface area contributed by atoms with Gasteiger partial charge in [-0.2, -0.15) is 0 Å². The number of nitrogens with zero attached hydrogens (tertiary/aromatic N) is 2. The second-order valence-corrected chi connectivity index (χ2v) is 7.77. The number of rotatable bonds is 4. The minimum absolute atomic E-state index is 0.0164. The van der Waals surface area contributed by atoms with Gasteiger partial charge in [-0.25, -0.2) is 0 Å². The number of piperazine rings is 1. The van der Waals surface area contributed by atoms with Crippen LogP contribution < -0.4 is 5.32 Å². The highest BCUT2D eigenvalue weighted by atomic mass is 16.3. The van der Waals surface area contributed by atoms with Gasteiger partial charge in [0.25, 0.3) is 5.91 Å². The van der Waals surface area contributed by atoms with Gasteiger partial charge in [-0.05, 0) is 31.7 Å². The van der Waals surface area contributed by atoms with E-state index in [2.05, 4.69) is 19.2 Å². The Kier molecular flexibility index (Phi) is 5.07. The first-order valence-corrected chi connectivity index (χ1v) is 9.20. The Morgan fingerprint density at radius 1 is 1.35 bits per heavy atom. The number of hydrogen-bond donors (Lipinski definition) is 1. The lowest BCUT2D eigenvalue weighted by atomic mass is 9.96. The molecule has 3 amide bonds. The van der Waals surface area contributed by atoms with E-state index in [9.17, 15) is 14.4 Å². The molecule has 7 nitrogen and oxygen atoms in total. The highest BCUT2D eigenvalue weighted by Gasteiger charge is 2.47. The second kappa shape index (κ2) is 7.13. The molecule has 0 saturated carbocycles. The molecule has 26 heavy (non-hydrogen) atoms. The zero-order valence-corrected chi connectivity index (χ0v) is 15.8. The van der Waals surface area contributed by atoms with E-state index in [1.807, 2.05) is 4.90 Å². The molecule has 3 rings (SSSR count). The molecule has 3 heterocycles. The fourth-order valence-electron chi connectivity index (χ4n) is 4.09. The average molecular weight is 361 g/mol. The lowest BCUT2D eigenvalue weighted by Crippen LogP contribution is -2.61. The number of nitrogens with one attached hydrogen (secondary N) is 1. The maximum Gasteiger partial charge on any atom is 0.258 e. The molecule has 1 N–H and O–H groups in total. The number of aryl methyl sites for hydroxylation is 1. The van der Waals surface area contributed by atoms with Crippen molar-refractivity contribution in [2.75, 3.05) is 13.1 Å². The van der Waals surface area contributed by atoms with Gasteiger partial charge in [0.2, 0.25) is 11.8 Å². The Hall–Kier alpha value is -2.31. The van der Waals surface area contributed by atoms with Gasteiger partial charge in [0.1, 0.15) is 11.8 Å². The molecule has 0 unspecified atom stereocenters. The number of fused-ring (bicyclic) bond motifs is 1. The van der Waals surface area contributed by atoms with Crippen LogP contribution in [-0.2, 0) is 9.59 Å². The quantitative estimate of drug-likeness (QED) is 0.882. The van der Waals surface area contributed by atoms with Crippen LogP contribution in [-0.4, -0.2) is 58.7 Å². The average Bonchev–Trinajstić information content (AvgIpc) is 3.14. The van der Waals surface area contributed by atoms with Gasteiger partial charge in [-0.3, -0.25) is 14.4 Å². The van der Waals surface area contributed by atoms with Crippen molar-refractivity contribution in [2.45, 2.75) is 58.7 Å². The van der Waals surface area contributed by atoms with E-state index in [1.165, 1.54) is 13.2 Å². The molecular formula is C19H27N3O4. The molecule has 3 atom stereocenters. The van der Waals surface area contributed by atoms with E-state index in [0.717, 1.165) is 0 Å². The maximum absolute atomic E-state index is 13.1. The van der Waals surface area contributed by atoms with Crippen molar-refractivity contribution in [3.05, 3.63) is 23.7 Å². The zero-order valence-electron chi connectivity index (χ0n) is 15.8. The molecule has 2 fully saturated rings. The Bertz CT molecular complexity index is 711. The Labute approximate surface area is 153 Å². The van der Waals surface area contributed by atoms with Crippen molar-refractivity contribution in [1.82, 2.24) is 15.1 Å². The SMILES string of the molecule is CC(=O)N[C@H]1C[C@H]2CN(C(=O)c3ccoc3C)[C@@H](CC(C)C)C(=O)N2C1. The topological polar surface area (TPSA) is 82.9 Å². The number of amides is 3. The summed E-state index contributed by atoms with van der Waals surface area (Å²) in [5, 5.41) is 2.90. The van der Waals surface area contributed by atoms with Crippen LogP contribution in [0.25, 0.3) is 0 Å². The minimum atomic E-state index is -0.468. The summed E-state index contributed by atoms with van der Waals surface area (Å²) in [6, 6.07) is 1.09. The van der Waals surface area contributed by atoms with Crippen LogP contribution in [0.3, 0.4) is 0 Å². The third-order valence-corrected chi connectivity index (χ3v) is 5.22. The molecule has 0 aromatic carbocycles. The summed E-state index contributed by atoms with van der Waals surface area (Å²) < 4.78 is 5.28. The Morgan fingerprint density at radius 2 is 2.08 bits per heavy atom. The molecule has 0 aliphatic carbocycles. The molecular weight excluding hydrogens is 334 g/mol. The van der Waals surface area contributed by atoms with E-state index in [0.29, 0.717) is 37.3 Å². The van der Waals surface area contributed by atoms with Crippen LogP contribution in [0.4, 0.5) is 0 Å². The first kappa shape index (κ1) is 18.5. The fourth-order valence-corrected chi connectivity index (χ4v) is 4.09. The number of carbonyl (C=O) groups is 3. The lowest BCUT2D eigenvalue weighted by Gasteiger charge is -2.43. The predicted octanol–water partition coefficient (Wildman–Crippen LogP) is 1.56. The standard InChI is InChI=1S/C19H27N3O4/c1-11(2)7-17-19(25)21-9-14(20-13(4)23)8-15(21)10-22(17)18(24)16-5-6-26-12(16)3/h5-6,11,14-15,17H,7-10H2,1-4H3,(H,20,23)/t14-,15-,17-/m0/s1. The molecule has 2 saturated heterocycles. The molecule has 2 aliphatic heterocycles. The second-order valence-electron chi connectivity index (χ2n) is 7.77. The van der Waals surface area contributed by atoms with Crippen molar-refractivity contribution in [1.29, 1.82) is 0 Å². The van der Waals surface area contributed by atoms with E-state index in [1.54, 1.807) is 17.9 Å². The molecule has 0 bridgehead atoms. The van der Waals surface area contributed by atoms with Crippen molar-refractivity contribution < 1.29 is 18.8 Å². The highest BCUT2D eigenvalue weighted by molar-refractivity contribution is 5.99. The summed E-state index contributed by atoms with van der Waals surface area (Å²) in [4.78, 5) is 41.2. The molecule has 1 aromatic rings. The van der Waals surface area contributed by atoms with Crippen LogP contribution in [0.5, 0.6) is 0 Å². The fraction of sp³-hybridized carbons (Fsp3) is 0.632. The smallest absolute Gasteiger partial charge is 0.258 e. The van der Waals surface area contributed by atoms with Crippen LogP contribution in [0.15, 0.2) is 16.7 Å². The van der Waals surface area contributed by atoms with Crippen molar-refractivity contribution in [3.8, 4) is 0 Å². The van der Waals surface area contributed by atoms with Crippen LogP contribution >= 0.6 is 0 Å². The number of hydrogen-bond acceptors (Lipinski definition) is 4. The molecule has 0 spiro atoms. The monoisotopic (exact) mass is 361 g/mol. The molecule has 7 heteroatoms. The molecule has 2 aliphatic rings. The third kappa shape index (κ3) is 3.48. The van der Waals surface area contributed by atoms with Gasteiger partial charge >= 0.3 is 0 Å². The van der Waals surface area contributed by atoms with Crippen molar-refractivity contribution in [3.63, 3.8) is 0 Å². The first-order chi connectivity index (χ1) is 12.3. The minimum Gasteiger partial charge on any atom is -0.469 e. The van der Waals surface area contributed by atoms with Crippen molar-refractivity contribution >= 4 is 17.7 Å². The summed E-state index contributed by atoms with van der Waals surface area (Å²) >= 11 is 0. The van der Waals surface area contributed by atoms with Gasteiger partial charge < -0.3 is 19.5 Å². The van der Waals surface area contributed by atoms with Crippen LogP contribution in [0.2, 0.25) is 0 Å². The first-order valence-electron chi connectivity index (χ1n) is 9.20. The van der Waals surface area contributed by atoms with Crippen LogP contribution in [0.1, 0.15) is 49.7 Å². The summed E-state index contributed by atoms with van der Waals surface area (Å²) in [5.41, 5.74) is 0.511. The van der Waals surface area contributed by atoms with Gasteiger partial charge in [0, 0.05) is 26.1 Å². The third-order valence-electron chi connectivity index (χ3n) is 5.22. The predicted molar refractivity (Wildman–Crippen MR) is 95.4 cm³/mol. The van der Waals surface area contributed by atoms with E-state index in [4.69, 9.17) is 4.42 Å². The summed E-state index contributed by atoms with van der Waals surface area (Å²) in [7, 11) is 0. The summed E-state index contributed by atoms with van der Waals surface area (Å²) in [6.07, 6.45) is 2.80. The summed E-state index contributed by atoms with van der Waals surface area (Å²) in [6.45, 7) is 8.35. The maximum atomic E-state index is 13.1. The summed E-state index contributed by atoms with van der Waals surface area (Å²) in [5.74, 6) is 0.587. The van der Waals surface area contributed by atoms with E-state index < -0.39 is 6.04 Å². The van der Waals surface area contributed by atoms with Crippen molar-refractivity contribution in [2.24, 2.45) is 5.92 Å². The zero-order chi connectivity index (χ0) is 19.0. The van der Waals surface area contributed by atoms with Gasteiger partial charge in [0.05, 0.1) is 17.9 Å². The van der Waals surface area contributed by atoms with Gasteiger partial charge in [0.15, 0.2) is 0 Å². The molecule has 1 aromatic heterocycles. The van der Waals surface area contributed by atoms with Crippen LogP contribution in [0, 0.1) is 12.8 Å².